The Labute approximate surface area is 106 Å². The summed E-state index contributed by atoms with van der Waals surface area (Å²) in [6, 6.07) is 0.567. The molecule has 17 heavy (non-hydrogen) atoms. The van der Waals surface area contributed by atoms with Gasteiger partial charge in [-0.05, 0) is 57.0 Å². The molecule has 1 saturated carbocycles. The van der Waals surface area contributed by atoms with E-state index in [1.165, 1.54) is 32.1 Å². The molecule has 3 atom stereocenters. The van der Waals surface area contributed by atoms with Gasteiger partial charge < -0.3 is 15.8 Å². The number of hydrogen-bond acceptors (Lipinski definition) is 3. The third-order valence-corrected chi connectivity index (χ3v) is 3.85. The molecule has 1 rings (SSSR count). The summed E-state index contributed by atoms with van der Waals surface area (Å²) in [4.78, 5) is 0. The molecule has 0 aromatic carbocycles. The highest BCUT2D eigenvalue weighted by atomic mass is 16.5. The van der Waals surface area contributed by atoms with Crippen LogP contribution in [0.2, 0.25) is 0 Å². The van der Waals surface area contributed by atoms with Gasteiger partial charge in [-0.3, -0.25) is 0 Å². The monoisotopic (exact) mass is 242 g/mol. The highest BCUT2D eigenvalue weighted by molar-refractivity contribution is 4.84. The van der Waals surface area contributed by atoms with E-state index in [0.717, 1.165) is 19.0 Å². The molecule has 3 heteroatoms. The minimum Gasteiger partial charge on any atom is -0.380 e. The molecule has 0 radical (unpaired) electrons. The molecule has 0 saturated heterocycles. The second-order valence-electron chi connectivity index (χ2n) is 5.79. The second kappa shape index (κ2) is 8.06. The van der Waals surface area contributed by atoms with Crippen LogP contribution in [0.4, 0.5) is 0 Å². The first-order chi connectivity index (χ1) is 8.17. The van der Waals surface area contributed by atoms with Gasteiger partial charge in [0.1, 0.15) is 0 Å². The molecule has 0 bridgehead atoms. The maximum atomic E-state index is 5.82. The van der Waals surface area contributed by atoms with Gasteiger partial charge in [-0.1, -0.05) is 13.8 Å². The van der Waals surface area contributed by atoms with Crippen molar-refractivity contribution in [3.63, 3.8) is 0 Å². The Morgan fingerprint density at radius 3 is 2.71 bits per heavy atom. The SMILES string of the molecule is COC1CCCC1NCCC(CN)CC(C)C. The molecular formula is C14H30N2O. The fourth-order valence-corrected chi connectivity index (χ4v) is 2.91. The van der Waals surface area contributed by atoms with E-state index in [9.17, 15) is 0 Å². The lowest BCUT2D eigenvalue weighted by Gasteiger charge is -2.22. The van der Waals surface area contributed by atoms with Gasteiger partial charge in [0.05, 0.1) is 6.10 Å². The van der Waals surface area contributed by atoms with E-state index < -0.39 is 0 Å². The van der Waals surface area contributed by atoms with Crippen molar-refractivity contribution in [1.29, 1.82) is 0 Å². The number of ether oxygens (including phenoxy) is 1. The number of nitrogens with one attached hydrogen (secondary N) is 1. The molecule has 1 aliphatic rings. The zero-order valence-corrected chi connectivity index (χ0v) is 11.7. The molecule has 3 N–H and O–H groups in total. The van der Waals surface area contributed by atoms with Crippen LogP contribution >= 0.6 is 0 Å². The van der Waals surface area contributed by atoms with E-state index in [0.29, 0.717) is 18.1 Å². The Morgan fingerprint density at radius 1 is 1.35 bits per heavy atom. The van der Waals surface area contributed by atoms with Crippen LogP contribution in [-0.2, 0) is 4.74 Å². The van der Waals surface area contributed by atoms with Gasteiger partial charge in [0.15, 0.2) is 0 Å². The molecule has 0 heterocycles. The molecule has 1 aliphatic carbocycles. The van der Waals surface area contributed by atoms with Crippen molar-refractivity contribution in [1.82, 2.24) is 5.32 Å². The molecule has 0 spiro atoms. The smallest absolute Gasteiger partial charge is 0.0724 e. The molecule has 1 fully saturated rings. The van der Waals surface area contributed by atoms with Crippen molar-refractivity contribution >= 4 is 0 Å². The van der Waals surface area contributed by atoms with Gasteiger partial charge in [0, 0.05) is 13.2 Å². The van der Waals surface area contributed by atoms with Crippen LogP contribution in [0.1, 0.15) is 46.0 Å². The third-order valence-electron chi connectivity index (χ3n) is 3.85. The summed E-state index contributed by atoms with van der Waals surface area (Å²) in [5.74, 6) is 1.42. The summed E-state index contributed by atoms with van der Waals surface area (Å²) in [7, 11) is 1.83. The second-order valence-corrected chi connectivity index (χ2v) is 5.79. The third kappa shape index (κ3) is 5.36. The van der Waals surface area contributed by atoms with Gasteiger partial charge in [-0.25, -0.2) is 0 Å². The Kier molecular flexibility index (Phi) is 7.09. The standard InChI is InChI=1S/C14H30N2O/c1-11(2)9-12(10-15)7-8-16-13-5-4-6-14(13)17-3/h11-14,16H,4-10,15H2,1-3H3. The van der Waals surface area contributed by atoms with Crippen LogP contribution in [0, 0.1) is 11.8 Å². The van der Waals surface area contributed by atoms with E-state index in [2.05, 4.69) is 19.2 Å². The van der Waals surface area contributed by atoms with Crippen LogP contribution in [0.25, 0.3) is 0 Å². The summed E-state index contributed by atoms with van der Waals surface area (Å²) in [5, 5.41) is 3.64. The van der Waals surface area contributed by atoms with Gasteiger partial charge in [0.2, 0.25) is 0 Å². The molecule has 0 aromatic rings. The summed E-state index contributed by atoms with van der Waals surface area (Å²) in [5.41, 5.74) is 5.82. The average Bonchev–Trinajstić information content (AvgIpc) is 2.74. The van der Waals surface area contributed by atoms with Crippen LogP contribution in [-0.4, -0.2) is 32.3 Å². The summed E-state index contributed by atoms with van der Waals surface area (Å²) in [6.45, 7) is 6.44. The van der Waals surface area contributed by atoms with E-state index in [1.807, 2.05) is 7.11 Å². The summed E-state index contributed by atoms with van der Waals surface area (Å²) >= 11 is 0. The van der Waals surface area contributed by atoms with Crippen molar-refractivity contribution < 1.29 is 4.74 Å². The quantitative estimate of drug-likeness (QED) is 0.685. The Morgan fingerprint density at radius 2 is 2.12 bits per heavy atom. The van der Waals surface area contributed by atoms with Gasteiger partial charge >= 0.3 is 0 Å². The van der Waals surface area contributed by atoms with Crippen molar-refractivity contribution in [2.75, 3.05) is 20.2 Å². The minimum atomic E-state index is 0.427. The Bertz CT molecular complexity index is 197. The van der Waals surface area contributed by atoms with Crippen LogP contribution < -0.4 is 11.1 Å². The van der Waals surface area contributed by atoms with Crippen LogP contribution in [0.15, 0.2) is 0 Å². The lowest BCUT2D eigenvalue weighted by atomic mass is 9.94. The lowest BCUT2D eigenvalue weighted by molar-refractivity contribution is 0.0847. The molecule has 0 aromatic heterocycles. The fourth-order valence-electron chi connectivity index (χ4n) is 2.91. The lowest BCUT2D eigenvalue weighted by Crippen LogP contribution is -2.38. The number of hydrogen-bond donors (Lipinski definition) is 2. The van der Waals surface area contributed by atoms with Gasteiger partial charge in [0.25, 0.3) is 0 Å². The Balaban J connectivity index is 2.17. The zero-order chi connectivity index (χ0) is 12.7. The van der Waals surface area contributed by atoms with E-state index in [-0.39, 0.29) is 0 Å². The maximum Gasteiger partial charge on any atom is 0.0724 e. The van der Waals surface area contributed by atoms with Crippen molar-refractivity contribution in [3.05, 3.63) is 0 Å². The largest absolute Gasteiger partial charge is 0.380 e. The predicted molar refractivity (Wildman–Crippen MR) is 73.1 cm³/mol. The summed E-state index contributed by atoms with van der Waals surface area (Å²) < 4.78 is 5.48. The molecule has 3 unspecified atom stereocenters. The topological polar surface area (TPSA) is 47.3 Å². The molecule has 0 aliphatic heterocycles. The number of nitrogens with two attached hydrogens (primary N) is 1. The number of rotatable bonds is 8. The highest BCUT2D eigenvalue weighted by Crippen LogP contribution is 2.21. The molecule has 0 amide bonds. The van der Waals surface area contributed by atoms with Gasteiger partial charge in [-0.15, -0.1) is 0 Å². The fraction of sp³-hybridized carbons (Fsp3) is 1.00. The number of methoxy groups -OCH3 is 1. The van der Waals surface area contributed by atoms with E-state index in [1.54, 1.807) is 0 Å². The van der Waals surface area contributed by atoms with Crippen molar-refractivity contribution in [2.24, 2.45) is 17.6 Å². The first-order valence-electron chi connectivity index (χ1n) is 7.13. The van der Waals surface area contributed by atoms with E-state index >= 15 is 0 Å². The zero-order valence-electron chi connectivity index (χ0n) is 11.7. The molecule has 3 nitrogen and oxygen atoms in total. The molecule has 102 valence electrons. The highest BCUT2D eigenvalue weighted by Gasteiger charge is 2.26. The Hall–Kier alpha value is -0.120. The molecular weight excluding hydrogens is 212 g/mol. The average molecular weight is 242 g/mol. The van der Waals surface area contributed by atoms with Crippen LogP contribution in [0.5, 0.6) is 0 Å². The normalized spacial score (nSPS) is 26.6. The first kappa shape index (κ1) is 14.9. The summed E-state index contributed by atoms with van der Waals surface area (Å²) in [6.07, 6.45) is 6.63. The van der Waals surface area contributed by atoms with Crippen molar-refractivity contribution in [3.8, 4) is 0 Å². The maximum absolute atomic E-state index is 5.82. The minimum absolute atomic E-state index is 0.427. The predicted octanol–water partition coefficient (Wildman–Crippen LogP) is 2.15. The van der Waals surface area contributed by atoms with E-state index in [4.69, 9.17) is 10.5 Å². The van der Waals surface area contributed by atoms with Crippen molar-refractivity contribution in [2.45, 2.75) is 58.1 Å². The first-order valence-corrected chi connectivity index (χ1v) is 7.13. The van der Waals surface area contributed by atoms with Crippen LogP contribution in [0.3, 0.4) is 0 Å². The van der Waals surface area contributed by atoms with Gasteiger partial charge in [-0.2, -0.15) is 0 Å².